The van der Waals surface area contributed by atoms with Gasteiger partial charge in [0.2, 0.25) is 5.96 Å². The van der Waals surface area contributed by atoms with Crippen LogP contribution in [-0.4, -0.2) is 46.5 Å². The Bertz CT molecular complexity index is 1060. The molecule has 1 N–H and O–H groups in total. The van der Waals surface area contributed by atoms with E-state index in [1.54, 1.807) is 12.2 Å². The molecule has 1 unspecified atom stereocenters. The standard InChI is InChI=1S/C25H31N7/c1-7-20-21(8-2)29-24(19(6)28-20)31-13-14-32(23(15-31)17(3)4)25(27-16-26)30-22-12-10-9-11-18(22)5/h7-12,17,23H,1-2,13-15H2,3-6H3,(H,27,30). The van der Waals surface area contributed by atoms with Gasteiger partial charge in [0, 0.05) is 19.6 Å². The normalized spacial score (nSPS) is 16.6. The first-order valence-electron chi connectivity index (χ1n) is 10.8. The number of piperazine rings is 1. The highest BCUT2D eigenvalue weighted by molar-refractivity contribution is 5.85. The second-order valence-corrected chi connectivity index (χ2v) is 8.22. The average molecular weight is 430 g/mol. The molecule has 1 fully saturated rings. The first kappa shape index (κ1) is 23.0. The summed E-state index contributed by atoms with van der Waals surface area (Å²) in [6, 6.07) is 8.07. The number of aryl methyl sites for hydroxylation is 2. The molecular formula is C25H31N7. The Morgan fingerprint density at radius 2 is 1.88 bits per heavy atom. The number of nitrogens with zero attached hydrogens (tertiary/aromatic N) is 6. The maximum Gasteiger partial charge on any atom is 0.212 e. The topological polar surface area (TPSA) is 80.4 Å². The molecule has 0 radical (unpaired) electrons. The molecule has 7 nitrogen and oxygen atoms in total. The zero-order chi connectivity index (χ0) is 23.3. The third kappa shape index (κ3) is 4.80. The van der Waals surface area contributed by atoms with Crippen molar-refractivity contribution >= 4 is 29.6 Å². The maximum absolute atomic E-state index is 9.40. The van der Waals surface area contributed by atoms with Gasteiger partial charge in [-0.05, 0) is 43.5 Å². The molecule has 7 heteroatoms. The van der Waals surface area contributed by atoms with Crippen molar-refractivity contribution in [1.29, 1.82) is 5.26 Å². The van der Waals surface area contributed by atoms with Crippen LogP contribution in [0.1, 0.15) is 36.5 Å². The van der Waals surface area contributed by atoms with Gasteiger partial charge >= 0.3 is 0 Å². The van der Waals surface area contributed by atoms with Gasteiger partial charge in [0.05, 0.1) is 28.8 Å². The van der Waals surface area contributed by atoms with Crippen LogP contribution in [0.3, 0.4) is 0 Å². The summed E-state index contributed by atoms with van der Waals surface area (Å²) in [4.78, 5) is 18.8. The minimum Gasteiger partial charge on any atom is -0.351 e. The number of hydrogen-bond donors (Lipinski definition) is 1. The number of guanidine groups is 1. The van der Waals surface area contributed by atoms with E-state index in [4.69, 9.17) is 9.98 Å². The number of nitriles is 1. The first-order chi connectivity index (χ1) is 15.4. The van der Waals surface area contributed by atoms with Gasteiger partial charge in [-0.2, -0.15) is 5.26 Å². The SMILES string of the molecule is C=Cc1nc(C)c(N2CCN(C(=Nc3ccccc3C)NC#N)C(C(C)C)C2)nc1C=C. The fourth-order valence-corrected chi connectivity index (χ4v) is 3.99. The highest BCUT2D eigenvalue weighted by atomic mass is 15.4. The zero-order valence-corrected chi connectivity index (χ0v) is 19.3. The molecule has 0 saturated carbocycles. The van der Waals surface area contributed by atoms with Crippen molar-refractivity contribution in [2.45, 2.75) is 33.7 Å². The van der Waals surface area contributed by atoms with Crippen molar-refractivity contribution in [3.05, 3.63) is 60.1 Å². The average Bonchev–Trinajstić information content (AvgIpc) is 2.79. The van der Waals surface area contributed by atoms with Crippen molar-refractivity contribution in [3.8, 4) is 6.19 Å². The van der Waals surface area contributed by atoms with Crippen LogP contribution in [0.15, 0.2) is 42.4 Å². The summed E-state index contributed by atoms with van der Waals surface area (Å²) in [6.45, 7) is 18.3. The Morgan fingerprint density at radius 3 is 2.50 bits per heavy atom. The minimum atomic E-state index is 0.139. The van der Waals surface area contributed by atoms with E-state index < -0.39 is 0 Å². The molecule has 0 spiro atoms. The van der Waals surface area contributed by atoms with Gasteiger partial charge in [-0.3, -0.25) is 5.32 Å². The van der Waals surface area contributed by atoms with Crippen LogP contribution in [-0.2, 0) is 0 Å². The van der Waals surface area contributed by atoms with Crippen LogP contribution < -0.4 is 10.2 Å². The van der Waals surface area contributed by atoms with Gasteiger partial charge in [-0.25, -0.2) is 15.0 Å². The van der Waals surface area contributed by atoms with Crippen LogP contribution in [0, 0.1) is 31.2 Å². The minimum absolute atomic E-state index is 0.139. The van der Waals surface area contributed by atoms with Crippen molar-refractivity contribution < 1.29 is 0 Å². The Balaban J connectivity index is 1.94. The number of aromatic nitrogens is 2. The van der Waals surface area contributed by atoms with Crippen LogP contribution in [0.2, 0.25) is 0 Å². The molecule has 1 atom stereocenters. The molecule has 1 aliphatic rings. The number of aliphatic imine (C=N–C) groups is 1. The lowest BCUT2D eigenvalue weighted by atomic mass is 9.99. The highest BCUT2D eigenvalue weighted by Gasteiger charge is 2.33. The monoisotopic (exact) mass is 429 g/mol. The number of nitrogens with one attached hydrogen (secondary N) is 1. The van der Waals surface area contributed by atoms with Gasteiger partial charge in [-0.1, -0.05) is 45.2 Å². The second-order valence-electron chi connectivity index (χ2n) is 8.22. The van der Waals surface area contributed by atoms with Crippen molar-refractivity contribution in [1.82, 2.24) is 20.2 Å². The van der Waals surface area contributed by atoms with Crippen molar-refractivity contribution in [2.75, 3.05) is 24.5 Å². The van der Waals surface area contributed by atoms with E-state index in [0.717, 1.165) is 47.2 Å². The molecule has 1 aromatic heterocycles. The van der Waals surface area contributed by atoms with E-state index in [0.29, 0.717) is 18.4 Å². The molecule has 1 aromatic carbocycles. The molecule has 166 valence electrons. The van der Waals surface area contributed by atoms with E-state index in [9.17, 15) is 5.26 Å². The molecule has 32 heavy (non-hydrogen) atoms. The Labute approximate surface area is 190 Å². The lowest BCUT2D eigenvalue weighted by molar-refractivity contribution is 0.219. The molecule has 0 amide bonds. The lowest BCUT2D eigenvalue weighted by Crippen LogP contribution is -2.59. The molecular weight excluding hydrogens is 398 g/mol. The second kappa shape index (κ2) is 10.1. The van der Waals surface area contributed by atoms with E-state index in [-0.39, 0.29) is 6.04 Å². The number of para-hydroxylation sites is 1. The molecule has 0 bridgehead atoms. The smallest absolute Gasteiger partial charge is 0.212 e. The summed E-state index contributed by atoms with van der Waals surface area (Å²) >= 11 is 0. The van der Waals surface area contributed by atoms with E-state index in [1.165, 1.54) is 0 Å². The van der Waals surface area contributed by atoms with E-state index in [1.807, 2.05) is 38.1 Å². The quantitative estimate of drug-likeness (QED) is 0.331. The van der Waals surface area contributed by atoms with Gasteiger partial charge in [0.1, 0.15) is 0 Å². The Morgan fingerprint density at radius 1 is 1.19 bits per heavy atom. The number of hydrogen-bond acceptors (Lipinski definition) is 5. The Hall–Kier alpha value is -3.66. The highest BCUT2D eigenvalue weighted by Crippen LogP contribution is 2.26. The largest absolute Gasteiger partial charge is 0.351 e. The predicted molar refractivity (Wildman–Crippen MR) is 132 cm³/mol. The summed E-state index contributed by atoms with van der Waals surface area (Å²) in [5, 5.41) is 12.2. The van der Waals surface area contributed by atoms with Crippen molar-refractivity contribution in [2.24, 2.45) is 10.9 Å². The van der Waals surface area contributed by atoms with Crippen LogP contribution in [0.5, 0.6) is 0 Å². The van der Waals surface area contributed by atoms with Crippen molar-refractivity contribution in [3.63, 3.8) is 0 Å². The third-order valence-corrected chi connectivity index (χ3v) is 5.76. The summed E-state index contributed by atoms with van der Waals surface area (Å²) < 4.78 is 0. The molecule has 1 aliphatic heterocycles. The number of rotatable bonds is 5. The molecule has 1 saturated heterocycles. The van der Waals surface area contributed by atoms with Gasteiger partial charge in [0.15, 0.2) is 12.0 Å². The summed E-state index contributed by atoms with van der Waals surface area (Å²) in [7, 11) is 0. The van der Waals surface area contributed by atoms with Gasteiger partial charge in [0.25, 0.3) is 0 Å². The van der Waals surface area contributed by atoms with E-state index >= 15 is 0 Å². The third-order valence-electron chi connectivity index (χ3n) is 5.76. The molecule has 2 aromatic rings. The number of benzene rings is 1. The Kier molecular flexibility index (Phi) is 7.26. The van der Waals surface area contributed by atoms with E-state index in [2.05, 4.69) is 53.3 Å². The predicted octanol–water partition coefficient (Wildman–Crippen LogP) is 4.28. The van der Waals surface area contributed by atoms with Crippen LogP contribution >= 0.6 is 0 Å². The maximum atomic E-state index is 9.40. The molecule has 3 rings (SSSR count). The summed E-state index contributed by atoms with van der Waals surface area (Å²) in [5.41, 5.74) is 4.26. The van der Waals surface area contributed by atoms with Gasteiger partial charge < -0.3 is 9.80 Å². The molecule has 0 aliphatic carbocycles. The zero-order valence-electron chi connectivity index (χ0n) is 19.3. The molecule has 2 heterocycles. The number of anilines is 1. The summed E-state index contributed by atoms with van der Waals surface area (Å²) in [5.74, 6) is 1.78. The van der Waals surface area contributed by atoms with Gasteiger partial charge in [-0.15, -0.1) is 0 Å². The van der Waals surface area contributed by atoms with Crippen LogP contribution in [0.4, 0.5) is 11.5 Å². The lowest BCUT2D eigenvalue weighted by Gasteiger charge is -2.45. The fraction of sp³-hybridized carbons (Fsp3) is 0.360. The first-order valence-corrected chi connectivity index (χ1v) is 10.8. The summed E-state index contributed by atoms with van der Waals surface area (Å²) in [6.07, 6.45) is 5.49. The van der Waals surface area contributed by atoms with Crippen LogP contribution in [0.25, 0.3) is 12.2 Å². The fourth-order valence-electron chi connectivity index (χ4n) is 3.99.